The minimum absolute atomic E-state index is 0.0503. The van der Waals surface area contributed by atoms with Crippen molar-refractivity contribution < 1.29 is 9.59 Å². The Morgan fingerprint density at radius 2 is 2.05 bits per heavy atom. The van der Waals surface area contributed by atoms with Gasteiger partial charge in [-0.2, -0.15) is 0 Å². The Balaban J connectivity index is 1.98. The lowest BCUT2D eigenvalue weighted by atomic mass is 9.86. The van der Waals surface area contributed by atoms with Crippen molar-refractivity contribution in [3.8, 4) is 0 Å². The van der Waals surface area contributed by atoms with Crippen molar-refractivity contribution in [1.82, 2.24) is 10.2 Å². The van der Waals surface area contributed by atoms with E-state index < -0.39 is 0 Å². The lowest BCUT2D eigenvalue weighted by molar-refractivity contribution is -0.139. The van der Waals surface area contributed by atoms with Crippen molar-refractivity contribution in [3.05, 3.63) is 0 Å². The van der Waals surface area contributed by atoms with E-state index in [4.69, 9.17) is 0 Å². The first-order chi connectivity index (χ1) is 9.49. The number of amides is 2. The number of nitrogens with zero attached hydrogens (tertiary/aromatic N) is 1. The van der Waals surface area contributed by atoms with Gasteiger partial charge in [0.05, 0.1) is 0 Å². The molecule has 1 saturated heterocycles. The van der Waals surface area contributed by atoms with Crippen LogP contribution in [0.4, 0.5) is 0 Å². The monoisotopic (exact) mass is 280 g/mol. The SMILES string of the molecule is CC(C)[C@@H](C(=O)N[C@@H]1CCC[C@@H](C)C1)N1CCCC1=O. The zero-order valence-electron chi connectivity index (χ0n) is 13.0. The van der Waals surface area contributed by atoms with Gasteiger partial charge in [0.25, 0.3) is 0 Å². The predicted molar refractivity (Wildman–Crippen MR) is 79.1 cm³/mol. The summed E-state index contributed by atoms with van der Waals surface area (Å²) >= 11 is 0. The molecule has 0 aromatic carbocycles. The van der Waals surface area contributed by atoms with Crippen LogP contribution in [0.2, 0.25) is 0 Å². The molecule has 2 fully saturated rings. The molecule has 0 unspecified atom stereocenters. The summed E-state index contributed by atoms with van der Waals surface area (Å²) in [5, 5.41) is 3.20. The van der Waals surface area contributed by atoms with Crippen molar-refractivity contribution in [2.24, 2.45) is 11.8 Å². The van der Waals surface area contributed by atoms with Gasteiger partial charge in [0.15, 0.2) is 0 Å². The second kappa shape index (κ2) is 6.59. The van der Waals surface area contributed by atoms with E-state index >= 15 is 0 Å². The summed E-state index contributed by atoms with van der Waals surface area (Å²) in [6.45, 7) is 7.04. The molecule has 114 valence electrons. The van der Waals surface area contributed by atoms with Gasteiger partial charge in [-0.15, -0.1) is 0 Å². The summed E-state index contributed by atoms with van der Waals surface area (Å²) in [5.74, 6) is 1.04. The van der Waals surface area contributed by atoms with E-state index in [1.54, 1.807) is 4.90 Å². The predicted octanol–water partition coefficient (Wildman–Crippen LogP) is 2.33. The number of carbonyl (C=O) groups is 2. The fourth-order valence-electron chi connectivity index (χ4n) is 3.62. The van der Waals surface area contributed by atoms with Gasteiger partial charge >= 0.3 is 0 Å². The zero-order chi connectivity index (χ0) is 14.7. The molecule has 0 bridgehead atoms. The van der Waals surface area contributed by atoms with Crippen LogP contribution in [0.5, 0.6) is 0 Å². The van der Waals surface area contributed by atoms with E-state index in [1.165, 1.54) is 12.8 Å². The van der Waals surface area contributed by atoms with E-state index in [9.17, 15) is 9.59 Å². The highest BCUT2D eigenvalue weighted by molar-refractivity contribution is 5.88. The molecule has 0 spiro atoms. The number of likely N-dealkylation sites (tertiary alicyclic amines) is 1. The standard InChI is InChI=1S/C16H28N2O2/c1-11(2)15(18-9-5-8-14(18)19)16(20)17-13-7-4-6-12(3)10-13/h11-13,15H,4-10H2,1-3H3,(H,17,20)/t12-,13-,15+/m1/s1. The van der Waals surface area contributed by atoms with Crippen molar-refractivity contribution in [2.75, 3.05) is 6.54 Å². The van der Waals surface area contributed by atoms with E-state index in [1.807, 2.05) is 13.8 Å². The van der Waals surface area contributed by atoms with Gasteiger partial charge in [-0.1, -0.05) is 33.6 Å². The Bertz CT molecular complexity index is 367. The third-order valence-corrected chi connectivity index (χ3v) is 4.63. The first kappa shape index (κ1) is 15.3. The quantitative estimate of drug-likeness (QED) is 0.859. The van der Waals surface area contributed by atoms with Crippen LogP contribution in [0.15, 0.2) is 0 Å². The summed E-state index contributed by atoms with van der Waals surface area (Å²) in [4.78, 5) is 26.3. The van der Waals surface area contributed by atoms with Gasteiger partial charge < -0.3 is 10.2 Å². The van der Waals surface area contributed by atoms with Gasteiger partial charge in [0.1, 0.15) is 6.04 Å². The van der Waals surface area contributed by atoms with Gasteiger partial charge in [-0.25, -0.2) is 0 Å². The van der Waals surface area contributed by atoms with E-state index in [-0.39, 0.29) is 23.8 Å². The first-order valence-corrected chi connectivity index (χ1v) is 8.09. The molecule has 2 aliphatic rings. The third kappa shape index (κ3) is 3.53. The average Bonchev–Trinajstić information content (AvgIpc) is 2.75. The zero-order valence-corrected chi connectivity index (χ0v) is 13.0. The average molecular weight is 280 g/mol. The lowest BCUT2D eigenvalue weighted by Gasteiger charge is -2.33. The highest BCUT2D eigenvalue weighted by Gasteiger charge is 2.35. The lowest BCUT2D eigenvalue weighted by Crippen LogP contribution is -2.53. The maximum atomic E-state index is 12.6. The molecule has 1 aliphatic carbocycles. The van der Waals surface area contributed by atoms with Crippen LogP contribution in [0.3, 0.4) is 0 Å². The fraction of sp³-hybridized carbons (Fsp3) is 0.875. The maximum absolute atomic E-state index is 12.6. The molecule has 20 heavy (non-hydrogen) atoms. The van der Waals surface area contributed by atoms with Crippen LogP contribution in [-0.4, -0.2) is 35.3 Å². The highest BCUT2D eigenvalue weighted by atomic mass is 16.2. The number of rotatable bonds is 4. The molecule has 1 heterocycles. The molecule has 2 rings (SSSR count). The van der Waals surface area contributed by atoms with Crippen molar-refractivity contribution in [1.29, 1.82) is 0 Å². The molecule has 4 heteroatoms. The minimum atomic E-state index is -0.290. The second-order valence-electron chi connectivity index (χ2n) is 6.86. The smallest absolute Gasteiger partial charge is 0.243 e. The van der Waals surface area contributed by atoms with Gasteiger partial charge in [0.2, 0.25) is 11.8 Å². The molecular weight excluding hydrogens is 252 g/mol. The summed E-state index contributed by atoms with van der Waals surface area (Å²) in [7, 11) is 0. The first-order valence-electron chi connectivity index (χ1n) is 8.09. The third-order valence-electron chi connectivity index (χ3n) is 4.63. The topological polar surface area (TPSA) is 49.4 Å². The van der Waals surface area contributed by atoms with Crippen molar-refractivity contribution >= 4 is 11.8 Å². The summed E-state index contributed by atoms with van der Waals surface area (Å²) in [5.41, 5.74) is 0. The van der Waals surface area contributed by atoms with Crippen LogP contribution in [-0.2, 0) is 9.59 Å². The van der Waals surface area contributed by atoms with Crippen molar-refractivity contribution in [2.45, 2.75) is 71.4 Å². The summed E-state index contributed by atoms with van der Waals surface area (Å²) in [6.07, 6.45) is 6.10. The Labute approximate surface area is 122 Å². The fourth-order valence-corrected chi connectivity index (χ4v) is 3.62. The Hall–Kier alpha value is -1.06. The maximum Gasteiger partial charge on any atom is 0.243 e. The minimum Gasteiger partial charge on any atom is -0.352 e. The summed E-state index contributed by atoms with van der Waals surface area (Å²) in [6, 6.07) is 0.00689. The molecular formula is C16H28N2O2. The Morgan fingerprint density at radius 3 is 2.60 bits per heavy atom. The van der Waals surface area contributed by atoms with Gasteiger partial charge in [-0.3, -0.25) is 9.59 Å². The molecule has 0 aromatic rings. The Kier molecular flexibility index (Phi) is 5.06. The normalized spacial score (nSPS) is 28.8. The highest BCUT2D eigenvalue weighted by Crippen LogP contribution is 2.25. The van der Waals surface area contributed by atoms with E-state index in [0.717, 1.165) is 25.8 Å². The molecule has 1 saturated carbocycles. The summed E-state index contributed by atoms with van der Waals surface area (Å²) < 4.78 is 0. The second-order valence-corrected chi connectivity index (χ2v) is 6.86. The molecule has 2 amide bonds. The Morgan fingerprint density at radius 1 is 1.30 bits per heavy atom. The van der Waals surface area contributed by atoms with E-state index in [0.29, 0.717) is 18.4 Å². The number of hydrogen-bond acceptors (Lipinski definition) is 2. The van der Waals surface area contributed by atoms with E-state index in [2.05, 4.69) is 12.2 Å². The molecule has 1 aliphatic heterocycles. The van der Waals surface area contributed by atoms with Crippen LogP contribution < -0.4 is 5.32 Å². The number of nitrogens with one attached hydrogen (secondary N) is 1. The van der Waals surface area contributed by atoms with Crippen LogP contribution in [0.1, 0.15) is 59.3 Å². The number of carbonyl (C=O) groups excluding carboxylic acids is 2. The van der Waals surface area contributed by atoms with Crippen LogP contribution in [0, 0.1) is 11.8 Å². The van der Waals surface area contributed by atoms with Crippen molar-refractivity contribution in [3.63, 3.8) is 0 Å². The van der Waals surface area contributed by atoms with Gasteiger partial charge in [-0.05, 0) is 31.1 Å². The van der Waals surface area contributed by atoms with Crippen LogP contribution in [0.25, 0.3) is 0 Å². The molecule has 4 nitrogen and oxygen atoms in total. The van der Waals surface area contributed by atoms with Gasteiger partial charge in [0, 0.05) is 19.0 Å². The molecule has 0 radical (unpaired) electrons. The molecule has 0 aromatic heterocycles. The van der Waals surface area contributed by atoms with Crippen LogP contribution >= 0.6 is 0 Å². The molecule has 3 atom stereocenters. The molecule has 1 N–H and O–H groups in total. The largest absolute Gasteiger partial charge is 0.352 e. The number of hydrogen-bond donors (Lipinski definition) is 1.